The summed E-state index contributed by atoms with van der Waals surface area (Å²) >= 11 is 14.8. The first-order valence-electron chi connectivity index (χ1n) is 28.4. The van der Waals surface area contributed by atoms with E-state index in [2.05, 4.69) is 294 Å². The minimum atomic E-state index is -0.203. The smallest absolute Gasteiger partial charge is 0.252 e. The van der Waals surface area contributed by atoms with Gasteiger partial charge in [-0.3, -0.25) is 0 Å². The molecular formula is C76H61BCl2N2. The Labute approximate surface area is 488 Å². The van der Waals surface area contributed by atoms with Crippen molar-refractivity contribution in [1.82, 2.24) is 0 Å². The van der Waals surface area contributed by atoms with Crippen LogP contribution in [0.25, 0.3) is 44.5 Å². The fourth-order valence-electron chi connectivity index (χ4n) is 13.3. The Balaban J connectivity index is 1.20. The number of hydrogen-bond donors (Lipinski definition) is 0. The van der Waals surface area contributed by atoms with E-state index in [0.29, 0.717) is 10.0 Å². The van der Waals surface area contributed by atoms with Gasteiger partial charge in [0, 0.05) is 61.0 Å². The average molecular weight is 1080 g/mol. The van der Waals surface area contributed by atoms with E-state index in [1.54, 1.807) is 0 Å². The fourth-order valence-corrected chi connectivity index (χ4v) is 13.6. The molecule has 0 saturated heterocycles. The van der Waals surface area contributed by atoms with Crippen molar-refractivity contribution in [3.63, 3.8) is 0 Å². The number of rotatable bonds is 7. The molecule has 0 unspecified atom stereocenters. The summed E-state index contributed by atoms with van der Waals surface area (Å²) < 4.78 is 0. The molecule has 0 spiro atoms. The van der Waals surface area contributed by atoms with E-state index < -0.39 is 0 Å². The van der Waals surface area contributed by atoms with E-state index in [9.17, 15) is 0 Å². The van der Waals surface area contributed by atoms with Gasteiger partial charge < -0.3 is 9.80 Å². The maximum absolute atomic E-state index is 7.42. The molecule has 2 heterocycles. The quantitative estimate of drug-likeness (QED) is 0.147. The van der Waals surface area contributed by atoms with Crippen molar-refractivity contribution in [1.29, 1.82) is 0 Å². The zero-order valence-electron chi connectivity index (χ0n) is 46.6. The van der Waals surface area contributed by atoms with Gasteiger partial charge in [0.15, 0.2) is 0 Å². The van der Waals surface area contributed by atoms with Crippen LogP contribution in [-0.4, -0.2) is 6.71 Å². The van der Waals surface area contributed by atoms with E-state index in [1.807, 2.05) is 0 Å². The highest BCUT2D eigenvalue weighted by Gasteiger charge is 2.46. The molecule has 0 atom stereocenters. The second kappa shape index (κ2) is 19.7. The van der Waals surface area contributed by atoms with E-state index in [-0.39, 0.29) is 23.5 Å². The topological polar surface area (TPSA) is 6.48 Å². The zero-order chi connectivity index (χ0) is 55.3. The lowest BCUT2D eigenvalue weighted by Gasteiger charge is -2.46. The van der Waals surface area contributed by atoms with Crippen LogP contribution in [0, 0.1) is 0 Å². The van der Waals surface area contributed by atoms with Gasteiger partial charge in [-0.25, -0.2) is 0 Å². The molecule has 11 aromatic carbocycles. The average Bonchev–Trinajstić information content (AvgIpc) is 3.61. The minimum Gasteiger partial charge on any atom is -0.310 e. The Bertz CT molecular complexity index is 3860. The first-order chi connectivity index (χ1) is 39.3. The number of benzene rings is 11. The van der Waals surface area contributed by atoms with Gasteiger partial charge in [-0.15, -0.1) is 0 Å². The summed E-state index contributed by atoms with van der Waals surface area (Å²) in [6.07, 6.45) is 0.876. The standard InChI is InChI=1S/C76H61BCl2N2/c1-75(2,3)55-42-61(48-23-11-7-12-24-48)73(62(43-55)49-25-13-8-14-26-49)80-67-46-57(78)35-37-65(67)77-66-38-36-58(79)47-68(66)81(74-63(50-27-15-9-16-28-50)44-56(76(4,5)6)45-64(74)51-29-17-10-18-30-51)70-41-54(40-69(80)72(70)77)71-59-33-21-19-31-52(59)39-53-32-20-22-34-60(53)71/h7-38,40-47,71H,39H2,1-6H3. The van der Waals surface area contributed by atoms with Crippen LogP contribution in [0.1, 0.15) is 86.4 Å². The normalized spacial score (nSPS) is 13.5. The molecule has 2 nitrogen and oxygen atoms in total. The van der Waals surface area contributed by atoms with Crippen molar-refractivity contribution in [2.75, 3.05) is 9.80 Å². The van der Waals surface area contributed by atoms with Crippen LogP contribution in [-0.2, 0) is 17.3 Å². The van der Waals surface area contributed by atoms with E-state index >= 15 is 0 Å². The second-order valence-electron chi connectivity index (χ2n) is 24.3. The van der Waals surface area contributed by atoms with Crippen molar-refractivity contribution < 1.29 is 0 Å². The molecule has 0 amide bonds. The first kappa shape index (κ1) is 50.9. The van der Waals surface area contributed by atoms with Crippen molar-refractivity contribution in [3.05, 3.63) is 292 Å². The number of hydrogen-bond acceptors (Lipinski definition) is 2. The van der Waals surface area contributed by atoms with Gasteiger partial charge in [0.1, 0.15) is 0 Å². The number of anilines is 6. The number of fused-ring (bicyclic) bond motifs is 6. The summed E-state index contributed by atoms with van der Waals surface area (Å²) in [5.74, 6) is -0.0905. The lowest BCUT2D eigenvalue weighted by Crippen LogP contribution is -2.61. The van der Waals surface area contributed by atoms with Crippen LogP contribution in [0.2, 0.25) is 10.0 Å². The van der Waals surface area contributed by atoms with Crippen LogP contribution < -0.4 is 26.2 Å². The van der Waals surface area contributed by atoms with Crippen LogP contribution in [0.4, 0.5) is 34.1 Å². The Kier molecular flexibility index (Phi) is 12.4. The van der Waals surface area contributed by atoms with E-state index in [0.717, 1.165) is 85.1 Å². The summed E-state index contributed by atoms with van der Waals surface area (Å²) in [7, 11) is 0. The zero-order valence-corrected chi connectivity index (χ0v) is 48.1. The molecule has 5 heteroatoms. The fraction of sp³-hybridized carbons (Fsp3) is 0.132. The van der Waals surface area contributed by atoms with E-state index in [1.165, 1.54) is 55.3 Å². The predicted octanol–water partition coefficient (Wildman–Crippen LogP) is 19.4. The van der Waals surface area contributed by atoms with Gasteiger partial charge in [0.25, 0.3) is 6.71 Å². The number of halogens is 2. The third-order valence-electron chi connectivity index (χ3n) is 17.2. The summed E-state index contributed by atoms with van der Waals surface area (Å²) in [5, 5.41) is 1.35. The molecule has 0 fully saturated rings. The molecular weight excluding hydrogens is 1020 g/mol. The lowest BCUT2D eigenvalue weighted by atomic mass is 9.33. The SMILES string of the molecule is CC(C)(C)c1cc(-c2ccccc2)c(N2c3cc(Cl)ccc3B3c4ccc(Cl)cc4N(c4c(-c5ccccc5)cc(C(C)(C)C)cc4-c4ccccc4)c4cc(C5c6ccccc6Cc6ccccc65)cc2c43)c(-c2ccccc2)c1. The Morgan fingerprint density at radius 2 is 0.704 bits per heavy atom. The highest BCUT2D eigenvalue weighted by Crippen LogP contribution is 2.56. The van der Waals surface area contributed by atoms with E-state index in [4.69, 9.17) is 23.2 Å². The second-order valence-corrected chi connectivity index (χ2v) is 25.2. The molecule has 11 aromatic rings. The summed E-state index contributed by atoms with van der Waals surface area (Å²) in [4.78, 5) is 5.21. The van der Waals surface area contributed by atoms with Crippen LogP contribution >= 0.6 is 23.2 Å². The molecule has 0 radical (unpaired) electrons. The molecule has 14 rings (SSSR count). The van der Waals surface area contributed by atoms with Crippen LogP contribution in [0.5, 0.6) is 0 Å². The molecule has 1 aliphatic carbocycles. The summed E-state index contributed by atoms with van der Waals surface area (Å²) in [5.41, 5.74) is 28.0. The van der Waals surface area contributed by atoms with Crippen molar-refractivity contribution in [2.45, 2.75) is 64.7 Å². The van der Waals surface area contributed by atoms with Gasteiger partial charge >= 0.3 is 0 Å². The molecule has 2 aliphatic heterocycles. The van der Waals surface area contributed by atoms with Gasteiger partial charge in [-0.2, -0.15) is 0 Å². The van der Waals surface area contributed by atoms with Crippen molar-refractivity contribution in [2.24, 2.45) is 0 Å². The first-order valence-corrected chi connectivity index (χ1v) is 29.2. The van der Waals surface area contributed by atoms with Crippen molar-refractivity contribution >= 4 is 80.4 Å². The third kappa shape index (κ3) is 8.72. The number of nitrogens with zero attached hydrogens (tertiary/aromatic N) is 2. The molecule has 81 heavy (non-hydrogen) atoms. The molecule has 0 N–H and O–H groups in total. The van der Waals surface area contributed by atoms with Gasteiger partial charge in [-0.05, 0) is 156 Å². The van der Waals surface area contributed by atoms with Crippen LogP contribution in [0.15, 0.2) is 243 Å². The highest BCUT2D eigenvalue weighted by atomic mass is 35.5. The highest BCUT2D eigenvalue weighted by molar-refractivity contribution is 7.00. The van der Waals surface area contributed by atoms with Gasteiger partial charge in [0.2, 0.25) is 0 Å². The third-order valence-corrected chi connectivity index (χ3v) is 17.7. The summed E-state index contributed by atoms with van der Waals surface area (Å²) in [6.45, 7) is 13.7. The largest absolute Gasteiger partial charge is 0.310 e. The Morgan fingerprint density at radius 3 is 1.05 bits per heavy atom. The molecule has 0 bridgehead atoms. The molecule has 392 valence electrons. The predicted molar refractivity (Wildman–Crippen MR) is 346 cm³/mol. The molecule has 3 aliphatic rings. The monoisotopic (exact) mass is 1080 g/mol. The lowest BCUT2D eigenvalue weighted by molar-refractivity contribution is 0.590. The maximum Gasteiger partial charge on any atom is 0.252 e. The Morgan fingerprint density at radius 1 is 0.370 bits per heavy atom. The maximum atomic E-state index is 7.42. The minimum absolute atomic E-state index is 0.0905. The molecule has 0 aromatic heterocycles. The van der Waals surface area contributed by atoms with Crippen LogP contribution in [0.3, 0.4) is 0 Å². The van der Waals surface area contributed by atoms with Gasteiger partial charge in [-0.1, -0.05) is 247 Å². The van der Waals surface area contributed by atoms with Gasteiger partial charge in [0.05, 0.1) is 11.4 Å². The van der Waals surface area contributed by atoms with Crippen molar-refractivity contribution in [3.8, 4) is 44.5 Å². The molecule has 0 saturated carbocycles. The summed E-state index contributed by atoms with van der Waals surface area (Å²) in [6, 6.07) is 90.3. The Hall–Kier alpha value is -8.34.